The van der Waals surface area contributed by atoms with Crippen molar-refractivity contribution in [1.82, 2.24) is 0 Å². The van der Waals surface area contributed by atoms with Gasteiger partial charge in [0.15, 0.2) is 0 Å². The summed E-state index contributed by atoms with van der Waals surface area (Å²) in [6.45, 7) is 1.92. The third kappa shape index (κ3) is 3.95. The molecule has 1 aromatic heterocycles. The Kier molecular flexibility index (Phi) is 5.31. The number of hydrogen-bond acceptors (Lipinski definition) is 3. The minimum atomic E-state index is -0.213. The van der Waals surface area contributed by atoms with E-state index in [0.29, 0.717) is 10.8 Å². The van der Waals surface area contributed by atoms with Crippen molar-refractivity contribution >= 4 is 54.8 Å². The van der Waals surface area contributed by atoms with E-state index in [1.807, 2.05) is 31.2 Å². The first-order valence-corrected chi connectivity index (χ1v) is 8.38. The number of halogens is 3. The topological polar surface area (TPSA) is 35.2 Å². The third-order valence-corrected chi connectivity index (χ3v) is 4.97. The molecular formula is C13H12Br2ClNOS. The lowest BCUT2D eigenvalue weighted by Gasteiger charge is -2.22. The number of hydrogen-bond donors (Lipinski definition) is 1. The molecular weight excluding hydrogens is 413 g/mol. The van der Waals surface area contributed by atoms with Crippen LogP contribution in [0.3, 0.4) is 0 Å². The van der Waals surface area contributed by atoms with Gasteiger partial charge in [-0.1, -0.05) is 27.5 Å². The molecule has 1 heterocycles. The number of nitrogens with two attached hydrogens (primary N) is 1. The zero-order chi connectivity index (χ0) is 14.0. The molecule has 0 fully saturated rings. The van der Waals surface area contributed by atoms with E-state index in [1.165, 1.54) is 0 Å². The van der Waals surface area contributed by atoms with Crippen LogP contribution < -0.4 is 10.5 Å². The van der Waals surface area contributed by atoms with E-state index in [1.54, 1.807) is 17.4 Å². The van der Waals surface area contributed by atoms with Gasteiger partial charge in [0.1, 0.15) is 11.9 Å². The Balaban J connectivity index is 2.26. The summed E-state index contributed by atoms with van der Waals surface area (Å²) in [4.78, 5) is 1.07. The summed E-state index contributed by atoms with van der Waals surface area (Å²) in [7, 11) is 0. The highest BCUT2D eigenvalue weighted by molar-refractivity contribution is 9.11. The van der Waals surface area contributed by atoms with E-state index in [-0.39, 0.29) is 12.1 Å². The lowest BCUT2D eigenvalue weighted by atomic mass is 10.1. The first-order chi connectivity index (χ1) is 8.97. The van der Waals surface area contributed by atoms with E-state index < -0.39 is 0 Å². The summed E-state index contributed by atoms with van der Waals surface area (Å²) in [6.07, 6.45) is -0.213. The zero-order valence-electron chi connectivity index (χ0n) is 10.1. The van der Waals surface area contributed by atoms with Crippen LogP contribution >= 0.6 is 54.8 Å². The van der Waals surface area contributed by atoms with Crippen LogP contribution in [0.1, 0.15) is 17.9 Å². The maximum absolute atomic E-state index is 6.17. The van der Waals surface area contributed by atoms with Gasteiger partial charge in [0.25, 0.3) is 0 Å². The quantitative estimate of drug-likeness (QED) is 0.712. The van der Waals surface area contributed by atoms with Crippen LogP contribution in [0.15, 0.2) is 38.6 Å². The number of thiophene rings is 1. The number of rotatable bonds is 4. The van der Waals surface area contributed by atoms with Crippen LogP contribution in [0.5, 0.6) is 5.75 Å². The normalized spacial score (nSPS) is 14.2. The first-order valence-electron chi connectivity index (χ1n) is 5.60. The van der Waals surface area contributed by atoms with Crippen molar-refractivity contribution in [3.8, 4) is 5.75 Å². The van der Waals surface area contributed by atoms with Gasteiger partial charge in [-0.15, -0.1) is 11.3 Å². The molecule has 0 saturated heterocycles. The fraction of sp³-hybridized carbons (Fsp3) is 0.231. The van der Waals surface area contributed by atoms with E-state index >= 15 is 0 Å². The SMILES string of the molecule is CC(N)C(Oc1ccc(Br)cc1Cl)c1ccc(Br)s1. The van der Waals surface area contributed by atoms with Gasteiger partial charge in [-0.3, -0.25) is 0 Å². The van der Waals surface area contributed by atoms with Crippen LogP contribution in [0, 0.1) is 0 Å². The van der Waals surface area contributed by atoms with Crippen LogP contribution in [0.2, 0.25) is 5.02 Å². The molecule has 2 rings (SSSR count). The van der Waals surface area contributed by atoms with Crippen molar-refractivity contribution in [3.05, 3.63) is 48.5 Å². The first kappa shape index (κ1) is 15.3. The van der Waals surface area contributed by atoms with Crippen molar-refractivity contribution in [2.24, 2.45) is 5.73 Å². The van der Waals surface area contributed by atoms with E-state index in [2.05, 4.69) is 31.9 Å². The third-order valence-electron chi connectivity index (χ3n) is 2.50. The lowest BCUT2D eigenvalue weighted by Crippen LogP contribution is -2.28. The fourth-order valence-electron chi connectivity index (χ4n) is 1.61. The molecule has 0 amide bonds. The highest BCUT2D eigenvalue weighted by Crippen LogP contribution is 2.35. The van der Waals surface area contributed by atoms with Crippen LogP contribution in [-0.2, 0) is 0 Å². The predicted octanol–water partition coefficient (Wildman–Crippen LogP) is 5.39. The summed E-state index contributed by atoms with van der Waals surface area (Å²) in [5.41, 5.74) is 6.02. The number of ether oxygens (including phenoxy) is 1. The molecule has 6 heteroatoms. The predicted molar refractivity (Wildman–Crippen MR) is 88.2 cm³/mol. The Labute approximate surface area is 138 Å². The van der Waals surface area contributed by atoms with Crippen molar-refractivity contribution in [1.29, 1.82) is 0 Å². The Morgan fingerprint density at radius 2 is 2.00 bits per heavy atom. The summed E-state index contributed by atoms with van der Waals surface area (Å²) in [6, 6.07) is 9.40. The van der Waals surface area contributed by atoms with Gasteiger partial charge >= 0.3 is 0 Å². The largest absolute Gasteiger partial charge is 0.482 e. The Morgan fingerprint density at radius 1 is 1.26 bits per heavy atom. The standard InChI is InChI=1S/C13H12Br2ClNOS/c1-7(17)13(11-4-5-12(15)19-11)18-10-3-2-8(14)6-9(10)16/h2-7,13H,17H2,1H3. The molecule has 0 aliphatic carbocycles. The van der Waals surface area contributed by atoms with Crippen LogP contribution in [0.4, 0.5) is 0 Å². The second-order valence-corrected chi connectivity index (χ2v) is 7.93. The van der Waals surface area contributed by atoms with E-state index in [0.717, 1.165) is 13.1 Å². The second kappa shape index (κ2) is 6.59. The second-order valence-electron chi connectivity index (χ2n) is 4.11. The molecule has 0 saturated carbocycles. The average Bonchev–Trinajstić information content (AvgIpc) is 2.74. The molecule has 2 unspecified atom stereocenters. The van der Waals surface area contributed by atoms with E-state index in [9.17, 15) is 0 Å². The van der Waals surface area contributed by atoms with Crippen molar-refractivity contribution in [2.45, 2.75) is 19.1 Å². The molecule has 0 bridgehead atoms. The highest BCUT2D eigenvalue weighted by atomic mass is 79.9. The van der Waals surface area contributed by atoms with Gasteiger partial charge in [0.2, 0.25) is 0 Å². The van der Waals surface area contributed by atoms with Gasteiger partial charge in [-0.05, 0) is 53.2 Å². The molecule has 102 valence electrons. The van der Waals surface area contributed by atoms with Gasteiger partial charge in [0.05, 0.1) is 8.81 Å². The lowest BCUT2D eigenvalue weighted by molar-refractivity contribution is 0.184. The maximum atomic E-state index is 6.17. The Morgan fingerprint density at radius 3 is 2.53 bits per heavy atom. The molecule has 0 spiro atoms. The molecule has 2 atom stereocenters. The average molecular weight is 426 g/mol. The maximum Gasteiger partial charge on any atom is 0.148 e. The molecule has 0 aliphatic heterocycles. The summed E-state index contributed by atoms with van der Waals surface area (Å²) >= 11 is 14.6. The molecule has 2 nitrogen and oxygen atoms in total. The highest BCUT2D eigenvalue weighted by Gasteiger charge is 2.21. The molecule has 2 N–H and O–H groups in total. The minimum Gasteiger partial charge on any atom is -0.482 e. The zero-order valence-corrected chi connectivity index (χ0v) is 14.8. The van der Waals surface area contributed by atoms with Gasteiger partial charge in [-0.25, -0.2) is 0 Å². The molecule has 2 aromatic rings. The summed E-state index contributed by atoms with van der Waals surface area (Å²) < 4.78 is 7.94. The van der Waals surface area contributed by atoms with Gasteiger partial charge in [-0.2, -0.15) is 0 Å². The van der Waals surface area contributed by atoms with E-state index in [4.69, 9.17) is 22.1 Å². The summed E-state index contributed by atoms with van der Waals surface area (Å²) in [5.74, 6) is 0.636. The van der Waals surface area contributed by atoms with Crippen molar-refractivity contribution in [3.63, 3.8) is 0 Å². The van der Waals surface area contributed by atoms with Gasteiger partial charge in [0, 0.05) is 15.4 Å². The Hall–Kier alpha value is -0.0700. The van der Waals surface area contributed by atoms with Gasteiger partial charge < -0.3 is 10.5 Å². The minimum absolute atomic E-state index is 0.134. The van der Waals surface area contributed by atoms with Crippen LogP contribution in [0.25, 0.3) is 0 Å². The molecule has 0 aliphatic rings. The molecule has 19 heavy (non-hydrogen) atoms. The van der Waals surface area contributed by atoms with Crippen molar-refractivity contribution in [2.75, 3.05) is 0 Å². The summed E-state index contributed by atoms with van der Waals surface area (Å²) in [5, 5.41) is 0.565. The smallest absolute Gasteiger partial charge is 0.148 e. The van der Waals surface area contributed by atoms with Crippen LogP contribution in [-0.4, -0.2) is 6.04 Å². The molecule has 1 aromatic carbocycles. The molecule has 0 radical (unpaired) electrons. The van der Waals surface area contributed by atoms with Crippen molar-refractivity contribution < 1.29 is 4.74 Å². The fourth-order valence-corrected chi connectivity index (χ4v) is 3.90. The monoisotopic (exact) mass is 423 g/mol. The Bertz CT molecular complexity index is 574. The number of benzene rings is 1.